The van der Waals surface area contributed by atoms with Crippen LogP contribution in [0.25, 0.3) is 0 Å². The molecule has 22 heavy (non-hydrogen) atoms. The van der Waals surface area contributed by atoms with Crippen LogP contribution >= 0.6 is 0 Å². The standard InChI is InChI=1S/C16H25N3O3/c1-4-9-18(10-5-2)11-8-14-6-7-15(17-13(3)20)16(12-14)19(21)22/h6-7,12H,4-5,8-11H2,1-3H3,(H,17,20). The third kappa shape index (κ3) is 5.81. The SMILES string of the molecule is CCCN(CCC)CCc1ccc(NC(C)=O)c([N+](=O)[O-])c1. The van der Waals surface area contributed by atoms with Gasteiger partial charge in [0.05, 0.1) is 4.92 Å². The lowest BCUT2D eigenvalue weighted by atomic mass is 10.1. The summed E-state index contributed by atoms with van der Waals surface area (Å²) in [5, 5.41) is 13.6. The summed E-state index contributed by atoms with van der Waals surface area (Å²) in [6.45, 7) is 8.61. The van der Waals surface area contributed by atoms with Gasteiger partial charge in [-0.25, -0.2) is 0 Å². The van der Waals surface area contributed by atoms with Crippen LogP contribution in [0.3, 0.4) is 0 Å². The van der Waals surface area contributed by atoms with Crippen LogP contribution in [0.5, 0.6) is 0 Å². The molecule has 1 aromatic carbocycles. The molecule has 1 N–H and O–H groups in total. The molecule has 0 aliphatic heterocycles. The predicted molar refractivity (Wildman–Crippen MR) is 88.1 cm³/mol. The molecular formula is C16H25N3O3. The Labute approximate surface area is 131 Å². The van der Waals surface area contributed by atoms with Gasteiger partial charge in [0.15, 0.2) is 0 Å². The first-order valence-corrected chi connectivity index (χ1v) is 7.75. The fraction of sp³-hybridized carbons (Fsp3) is 0.562. The lowest BCUT2D eigenvalue weighted by Crippen LogP contribution is -2.27. The maximum Gasteiger partial charge on any atom is 0.293 e. The van der Waals surface area contributed by atoms with E-state index >= 15 is 0 Å². The summed E-state index contributed by atoms with van der Waals surface area (Å²) >= 11 is 0. The minimum Gasteiger partial charge on any atom is -0.321 e. The van der Waals surface area contributed by atoms with Crippen molar-refractivity contribution in [3.8, 4) is 0 Å². The maximum absolute atomic E-state index is 11.1. The van der Waals surface area contributed by atoms with Crippen LogP contribution in [0.4, 0.5) is 11.4 Å². The predicted octanol–water partition coefficient (Wildman–Crippen LogP) is 3.22. The van der Waals surface area contributed by atoms with E-state index in [-0.39, 0.29) is 17.3 Å². The number of amides is 1. The van der Waals surface area contributed by atoms with E-state index in [0.717, 1.165) is 44.5 Å². The van der Waals surface area contributed by atoms with Gasteiger partial charge in [0.2, 0.25) is 5.91 Å². The van der Waals surface area contributed by atoms with E-state index in [1.807, 2.05) is 6.07 Å². The molecule has 0 aliphatic carbocycles. The Bertz CT molecular complexity index is 511. The number of nitrogens with one attached hydrogen (secondary N) is 1. The molecule has 0 fully saturated rings. The second-order valence-corrected chi connectivity index (χ2v) is 5.38. The van der Waals surface area contributed by atoms with E-state index in [4.69, 9.17) is 0 Å². The van der Waals surface area contributed by atoms with Crippen LogP contribution in [0, 0.1) is 10.1 Å². The maximum atomic E-state index is 11.1. The number of anilines is 1. The van der Waals surface area contributed by atoms with Crippen molar-refractivity contribution in [2.45, 2.75) is 40.0 Å². The lowest BCUT2D eigenvalue weighted by molar-refractivity contribution is -0.384. The zero-order valence-electron chi connectivity index (χ0n) is 13.6. The zero-order chi connectivity index (χ0) is 16.5. The van der Waals surface area contributed by atoms with E-state index < -0.39 is 4.92 Å². The molecule has 1 aromatic rings. The summed E-state index contributed by atoms with van der Waals surface area (Å²) in [7, 11) is 0. The smallest absolute Gasteiger partial charge is 0.293 e. The molecule has 0 radical (unpaired) electrons. The Hall–Kier alpha value is -1.95. The fourth-order valence-corrected chi connectivity index (χ4v) is 2.43. The normalized spacial score (nSPS) is 10.7. The number of hydrogen-bond acceptors (Lipinski definition) is 4. The largest absolute Gasteiger partial charge is 0.321 e. The van der Waals surface area contributed by atoms with Crippen molar-refractivity contribution in [3.05, 3.63) is 33.9 Å². The molecule has 0 heterocycles. The molecule has 6 heteroatoms. The number of carbonyl (C=O) groups excluding carboxylic acids is 1. The molecule has 0 aliphatic rings. The van der Waals surface area contributed by atoms with E-state index in [0.29, 0.717) is 0 Å². The summed E-state index contributed by atoms with van der Waals surface area (Å²) in [6, 6.07) is 5.01. The first kappa shape index (κ1) is 18.1. The molecule has 1 amide bonds. The highest BCUT2D eigenvalue weighted by molar-refractivity contribution is 5.91. The number of nitro benzene ring substituents is 1. The average molecular weight is 307 g/mol. The Kier molecular flexibility index (Phi) is 7.52. The third-order valence-electron chi connectivity index (χ3n) is 3.37. The minimum absolute atomic E-state index is 0.0507. The molecule has 0 bridgehead atoms. The van der Waals surface area contributed by atoms with Crippen LogP contribution in [0.1, 0.15) is 39.2 Å². The van der Waals surface area contributed by atoms with Crippen LogP contribution < -0.4 is 5.32 Å². The van der Waals surface area contributed by atoms with E-state index in [1.54, 1.807) is 12.1 Å². The van der Waals surface area contributed by atoms with Gasteiger partial charge in [-0.05, 0) is 44.0 Å². The van der Waals surface area contributed by atoms with Gasteiger partial charge in [0.25, 0.3) is 5.69 Å². The van der Waals surface area contributed by atoms with Crippen LogP contribution in [-0.4, -0.2) is 35.4 Å². The van der Waals surface area contributed by atoms with Crippen molar-refractivity contribution in [3.63, 3.8) is 0 Å². The zero-order valence-corrected chi connectivity index (χ0v) is 13.6. The average Bonchev–Trinajstić information content (AvgIpc) is 2.45. The van der Waals surface area contributed by atoms with E-state index in [1.165, 1.54) is 6.92 Å². The van der Waals surface area contributed by atoms with E-state index in [2.05, 4.69) is 24.1 Å². The molecule has 1 rings (SSSR count). The topological polar surface area (TPSA) is 75.5 Å². The van der Waals surface area contributed by atoms with Gasteiger partial charge >= 0.3 is 0 Å². The Morgan fingerprint density at radius 1 is 1.23 bits per heavy atom. The van der Waals surface area contributed by atoms with Gasteiger partial charge in [0, 0.05) is 19.5 Å². The highest BCUT2D eigenvalue weighted by Gasteiger charge is 2.15. The molecular weight excluding hydrogens is 282 g/mol. The number of rotatable bonds is 9. The van der Waals surface area contributed by atoms with Gasteiger partial charge in [-0.1, -0.05) is 19.9 Å². The highest BCUT2D eigenvalue weighted by Crippen LogP contribution is 2.25. The highest BCUT2D eigenvalue weighted by atomic mass is 16.6. The second-order valence-electron chi connectivity index (χ2n) is 5.38. The molecule has 0 atom stereocenters. The number of hydrogen-bond donors (Lipinski definition) is 1. The molecule has 0 aromatic heterocycles. The summed E-state index contributed by atoms with van der Waals surface area (Å²) in [5.74, 6) is -0.312. The van der Waals surface area contributed by atoms with Gasteiger partial charge in [-0.3, -0.25) is 14.9 Å². The second kappa shape index (κ2) is 9.15. The number of carbonyl (C=O) groups is 1. The van der Waals surface area contributed by atoms with Crippen molar-refractivity contribution < 1.29 is 9.72 Å². The first-order valence-electron chi connectivity index (χ1n) is 7.75. The Balaban J connectivity index is 2.81. The van der Waals surface area contributed by atoms with Crippen molar-refractivity contribution in [2.75, 3.05) is 25.0 Å². The summed E-state index contributed by atoms with van der Waals surface area (Å²) in [4.78, 5) is 24.1. The van der Waals surface area contributed by atoms with Crippen LogP contribution in [-0.2, 0) is 11.2 Å². The monoisotopic (exact) mass is 307 g/mol. The van der Waals surface area contributed by atoms with Crippen molar-refractivity contribution >= 4 is 17.3 Å². The van der Waals surface area contributed by atoms with Crippen LogP contribution in [0.2, 0.25) is 0 Å². The molecule has 0 saturated carbocycles. The van der Waals surface area contributed by atoms with Crippen molar-refractivity contribution in [1.29, 1.82) is 0 Å². The Morgan fingerprint density at radius 2 is 1.86 bits per heavy atom. The molecule has 0 saturated heterocycles. The first-order chi connectivity index (χ1) is 10.5. The fourth-order valence-electron chi connectivity index (χ4n) is 2.43. The molecule has 0 unspecified atom stereocenters. The minimum atomic E-state index is -0.454. The third-order valence-corrected chi connectivity index (χ3v) is 3.37. The molecule has 122 valence electrons. The van der Waals surface area contributed by atoms with Gasteiger partial charge in [0.1, 0.15) is 5.69 Å². The van der Waals surface area contributed by atoms with Crippen LogP contribution in [0.15, 0.2) is 18.2 Å². The Morgan fingerprint density at radius 3 is 2.36 bits per heavy atom. The summed E-state index contributed by atoms with van der Waals surface area (Å²) < 4.78 is 0. The number of nitro groups is 1. The van der Waals surface area contributed by atoms with Crippen molar-refractivity contribution in [1.82, 2.24) is 4.90 Å². The van der Waals surface area contributed by atoms with Gasteiger partial charge < -0.3 is 10.2 Å². The quantitative estimate of drug-likeness (QED) is 0.561. The van der Waals surface area contributed by atoms with Gasteiger partial charge in [-0.15, -0.1) is 0 Å². The number of benzene rings is 1. The number of nitrogens with zero attached hydrogens (tertiary/aromatic N) is 2. The van der Waals surface area contributed by atoms with E-state index in [9.17, 15) is 14.9 Å². The summed E-state index contributed by atoms with van der Waals surface area (Å²) in [6.07, 6.45) is 2.96. The van der Waals surface area contributed by atoms with Crippen molar-refractivity contribution in [2.24, 2.45) is 0 Å². The van der Waals surface area contributed by atoms with Gasteiger partial charge in [-0.2, -0.15) is 0 Å². The molecule has 6 nitrogen and oxygen atoms in total. The molecule has 0 spiro atoms. The summed E-state index contributed by atoms with van der Waals surface area (Å²) in [5.41, 5.74) is 1.11. The lowest BCUT2D eigenvalue weighted by Gasteiger charge is -2.20.